The summed E-state index contributed by atoms with van der Waals surface area (Å²) in [6.45, 7) is 4.54. The number of nitro groups is 1. The van der Waals surface area contributed by atoms with Crippen molar-refractivity contribution in [3.8, 4) is 0 Å². The Morgan fingerprint density at radius 1 is 1.32 bits per heavy atom. The lowest BCUT2D eigenvalue weighted by molar-refractivity contribution is -0.463. The van der Waals surface area contributed by atoms with Gasteiger partial charge in [0, 0.05) is 10.5 Å². The van der Waals surface area contributed by atoms with E-state index in [1.54, 1.807) is 51.1 Å². The minimum atomic E-state index is -0.708. The van der Waals surface area contributed by atoms with Gasteiger partial charge in [-0.15, -0.1) is 0 Å². The monoisotopic (exact) mass is 264 g/mol. The first-order valence-corrected chi connectivity index (χ1v) is 5.76. The van der Waals surface area contributed by atoms with Gasteiger partial charge in [0.15, 0.2) is 5.71 Å². The maximum Gasteiger partial charge on any atom is 0.340 e. The van der Waals surface area contributed by atoms with Crippen LogP contribution in [0, 0.1) is 15.5 Å². The maximum atomic E-state index is 11.6. The lowest BCUT2D eigenvalue weighted by Gasteiger charge is -2.13. The maximum absolute atomic E-state index is 11.6. The van der Waals surface area contributed by atoms with E-state index in [9.17, 15) is 14.9 Å². The van der Waals surface area contributed by atoms with Crippen LogP contribution >= 0.6 is 0 Å². The molecule has 0 unspecified atom stereocenters. The molecule has 1 rings (SSSR count). The summed E-state index contributed by atoms with van der Waals surface area (Å²) in [5.41, 5.74) is -0.0379. The van der Waals surface area contributed by atoms with Gasteiger partial charge in [0.05, 0.1) is 5.41 Å². The molecular weight excluding hydrogens is 248 g/mol. The molecule has 0 amide bonds. The molecule has 0 spiro atoms. The highest BCUT2D eigenvalue weighted by molar-refractivity contribution is 6.01. The number of carbonyl (C=O) groups excluding carboxylic acids is 1. The molecule has 6 nitrogen and oxygen atoms in total. The summed E-state index contributed by atoms with van der Waals surface area (Å²) in [5, 5.41) is 14.2. The van der Waals surface area contributed by atoms with E-state index in [0.29, 0.717) is 5.56 Å². The molecule has 0 saturated heterocycles. The molecule has 1 aromatic carbocycles. The second kappa shape index (κ2) is 6.08. The summed E-state index contributed by atoms with van der Waals surface area (Å²) in [5.74, 6) is -0.538. The fraction of sp³-hybridized carbons (Fsp3) is 0.385. The Labute approximate surface area is 111 Å². The fourth-order valence-electron chi connectivity index (χ4n) is 1.16. The van der Waals surface area contributed by atoms with Crippen LogP contribution in [0.5, 0.6) is 0 Å². The van der Waals surface area contributed by atoms with Crippen molar-refractivity contribution in [2.45, 2.75) is 20.8 Å². The lowest BCUT2D eigenvalue weighted by Crippen LogP contribution is -2.23. The molecule has 19 heavy (non-hydrogen) atoms. The van der Waals surface area contributed by atoms with E-state index in [1.165, 1.54) is 0 Å². The number of hydrogen-bond donors (Lipinski definition) is 0. The molecular formula is C13H16N2O4. The Morgan fingerprint density at radius 2 is 1.89 bits per heavy atom. The molecule has 6 heteroatoms. The predicted octanol–water partition coefficient (Wildman–Crippen LogP) is 2.26. The molecule has 1 aromatic rings. The van der Waals surface area contributed by atoms with Crippen molar-refractivity contribution in [1.29, 1.82) is 0 Å². The molecule has 0 aliphatic rings. The van der Waals surface area contributed by atoms with Crippen molar-refractivity contribution in [2.24, 2.45) is 10.6 Å². The van der Waals surface area contributed by atoms with Gasteiger partial charge >= 0.3 is 5.97 Å². The van der Waals surface area contributed by atoms with Crippen LogP contribution < -0.4 is 0 Å². The average molecular weight is 264 g/mol. The summed E-state index contributed by atoms with van der Waals surface area (Å²) in [4.78, 5) is 26.4. The minimum absolute atomic E-state index is 0.114. The van der Waals surface area contributed by atoms with Gasteiger partial charge in [0.2, 0.25) is 6.54 Å². The zero-order valence-corrected chi connectivity index (χ0v) is 11.1. The SMILES string of the molecule is CC(C)(C)C(=O)ON=C(C[N+](=O)[O-])c1ccccc1. The van der Waals surface area contributed by atoms with E-state index >= 15 is 0 Å². The third-order valence-corrected chi connectivity index (χ3v) is 2.24. The number of nitrogens with zero attached hydrogens (tertiary/aromatic N) is 2. The van der Waals surface area contributed by atoms with Crippen molar-refractivity contribution in [1.82, 2.24) is 0 Å². The Bertz CT molecular complexity index is 489. The minimum Gasteiger partial charge on any atom is -0.317 e. The molecule has 0 aliphatic carbocycles. The Hall–Kier alpha value is -2.24. The molecule has 0 N–H and O–H groups in total. The molecule has 0 bridgehead atoms. The van der Waals surface area contributed by atoms with E-state index < -0.39 is 22.9 Å². The highest BCUT2D eigenvalue weighted by atomic mass is 16.7. The summed E-state index contributed by atoms with van der Waals surface area (Å²) in [6, 6.07) is 8.60. The van der Waals surface area contributed by atoms with Crippen LogP contribution in [-0.2, 0) is 9.63 Å². The zero-order chi connectivity index (χ0) is 14.5. The summed E-state index contributed by atoms with van der Waals surface area (Å²) < 4.78 is 0. The molecule has 0 aliphatic heterocycles. The number of hydrogen-bond acceptors (Lipinski definition) is 5. The highest BCUT2D eigenvalue weighted by Gasteiger charge is 2.24. The standard InChI is InChI=1S/C13H16N2O4/c1-13(2,3)12(16)19-14-11(9-15(17)18)10-7-5-4-6-8-10/h4-8H,9H2,1-3H3. The van der Waals surface area contributed by atoms with Crippen LogP contribution in [0.25, 0.3) is 0 Å². The van der Waals surface area contributed by atoms with Crippen molar-refractivity contribution < 1.29 is 14.6 Å². The van der Waals surface area contributed by atoms with Gasteiger partial charge in [0.1, 0.15) is 0 Å². The topological polar surface area (TPSA) is 81.8 Å². The average Bonchev–Trinajstić information content (AvgIpc) is 2.33. The van der Waals surface area contributed by atoms with E-state index in [0.717, 1.165) is 0 Å². The van der Waals surface area contributed by atoms with Gasteiger partial charge in [-0.3, -0.25) is 10.1 Å². The first-order chi connectivity index (χ1) is 8.80. The fourth-order valence-corrected chi connectivity index (χ4v) is 1.16. The number of carbonyl (C=O) groups is 1. The number of benzene rings is 1. The molecule has 0 heterocycles. The molecule has 102 valence electrons. The number of rotatable bonds is 4. The second-order valence-corrected chi connectivity index (χ2v) is 5.02. The first-order valence-electron chi connectivity index (χ1n) is 5.76. The molecule has 0 atom stereocenters. The van der Waals surface area contributed by atoms with Gasteiger partial charge in [-0.2, -0.15) is 0 Å². The summed E-state index contributed by atoms with van der Waals surface area (Å²) in [6.07, 6.45) is 0. The van der Waals surface area contributed by atoms with Crippen molar-refractivity contribution in [3.63, 3.8) is 0 Å². The normalized spacial score (nSPS) is 12.1. The predicted molar refractivity (Wildman–Crippen MR) is 70.4 cm³/mol. The summed E-state index contributed by atoms with van der Waals surface area (Å²) >= 11 is 0. The zero-order valence-electron chi connectivity index (χ0n) is 11.1. The molecule has 0 saturated carbocycles. The Morgan fingerprint density at radius 3 is 2.37 bits per heavy atom. The third-order valence-electron chi connectivity index (χ3n) is 2.24. The van der Waals surface area contributed by atoms with Crippen LogP contribution in [-0.4, -0.2) is 23.1 Å². The first kappa shape index (κ1) is 14.8. The Kier molecular flexibility index (Phi) is 4.74. The van der Waals surface area contributed by atoms with Gasteiger partial charge in [0.25, 0.3) is 0 Å². The number of oxime groups is 1. The Balaban J connectivity index is 2.92. The van der Waals surface area contributed by atoms with Crippen molar-refractivity contribution in [2.75, 3.05) is 6.54 Å². The van der Waals surface area contributed by atoms with Crippen LogP contribution in [0.1, 0.15) is 26.3 Å². The van der Waals surface area contributed by atoms with Gasteiger partial charge in [-0.05, 0) is 20.8 Å². The van der Waals surface area contributed by atoms with Crippen molar-refractivity contribution in [3.05, 3.63) is 46.0 Å². The van der Waals surface area contributed by atoms with Crippen LogP contribution in [0.4, 0.5) is 0 Å². The molecule has 0 aromatic heterocycles. The van der Waals surface area contributed by atoms with E-state index in [2.05, 4.69) is 5.16 Å². The summed E-state index contributed by atoms with van der Waals surface area (Å²) in [7, 11) is 0. The molecule has 0 radical (unpaired) electrons. The van der Waals surface area contributed by atoms with E-state index in [4.69, 9.17) is 4.84 Å². The molecule has 0 fully saturated rings. The second-order valence-electron chi connectivity index (χ2n) is 5.02. The van der Waals surface area contributed by atoms with Gasteiger partial charge < -0.3 is 4.84 Å². The highest BCUT2D eigenvalue weighted by Crippen LogP contribution is 2.15. The van der Waals surface area contributed by atoms with Crippen LogP contribution in [0.3, 0.4) is 0 Å². The van der Waals surface area contributed by atoms with Crippen LogP contribution in [0.15, 0.2) is 35.5 Å². The lowest BCUT2D eigenvalue weighted by atomic mass is 9.98. The van der Waals surface area contributed by atoms with Gasteiger partial charge in [-0.1, -0.05) is 35.5 Å². The quantitative estimate of drug-likeness (QED) is 0.361. The van der Waals surface area contributed by atoms with Crippen molar-refractivity contribution >= 4 is 11.7 Å². The van der Waals surface area contributed by atoms with E-state index in [1.807, 2.05) is 0 Å². The van der Waals surface area contributed by atoms with E-state index in [-0.39, 0.29) is 5.71 Å². The smallest absolute Gasteiger partial charge is 0.317 e. The van der Waals surface area contributed by atoms with Gasteiger partial charge in [-0.25, -0.2) is 4.79 Å². The third kappa shape index (κ3) is 4.87. The largest absolute Gasteiger partial charge is 0.340 e. The van der Waals surface area contributed by atoms with Crippen LogP contribution in [0.2, 0.25) is 0 Å².